The lowest BCUT2D eigenvalue weighted by Gasteiger charge is -2.05. The molecule has 1 aromatic heterocycles. The smallest absolute Gasteiger partial charge is 0.228 e. The number of benzene rings is 1. The zero-order chi connectivity index (χ0) is 13.7. The first-order valence-electron chi connectivity index (χ1n) is 5.98. The minimum atomic E-state index is -0.275. The van der Waals surface area contributed by atoms with Gasteiger partial charge in [-0.3, -0.25) is 0 Å². The van der Waals surface area contributed by atoms with Crippen molar-refractivity contribution in [2.45, 2.75) is 18.9 Å². The van der Waals surface area contributed by atoms with Gasteiger partial charge in [0.2, 0.25) is 5.89 Å². The Morgan fingerprint density at radius 1 is 1.47 bits per heavy atom. The third kappa shape index (κ3) is 4.11. The van der Waals surface area contributed by atoms with Gasteiger partial charge in [0, 0.05) is 26.0 Å². The molecule has 1 aromatic carbocycles. The molecule has 19 heavy (non-hydrogen) atoms. The molecule has 0 aliphatic rings. The predicted octanol–water partition coefficient (Wildman–Crippen LogP) is 1.32. The number of rotatable bonds is 6. The Bertz CT molecular complexity index is 530. The highest BCUT2D eigenvalue weighted by atomic mass is 19.1. The van der Waals surface area contributed by atoms with Crippen LogP contribution in [0, 0.1) is 5.82 Å². The molecule has 5 nitrogen and oxygen atoms in total. The fourth-order valence-electron chi connectivity index (χ4n) is 1.77. The van der Waals surface area contributed by atoms with Gasteiger partial charge in [-0.1, -0.05) is 17.3 Å². The molecule has 0 spiro atoms. The van der Waals surface area contributed by atoms with Gasteiger partial charge in [-0.15, -0.1) is 0 Å². The van der Waals surface area contributed by atoms with Crippen LogP contribution in [-0.2, 0) is 17.6 Å². The Hall–Kier alpha value is -1.79. The number of methoxy groups -OCH3 is 1. The maximum Gasteiger partial charge on any atom is 0.228 e. The van der Waals surface area contributed by atoms with Crippen LogP contribution in [-0.4, -0.2) is 29.9 Å². The summed E-state index contributed by atoms with van der Waals surface area (Å²) < 4.78 is 23.1. The molecule has 0 bridgehead atoms. The van der Waals surface area contributed by atoms with Crippen LogP contribution in [0.3, 0.4) is 0 Å². The highest BCUT2D eigenvalue weighted by molar-refractivity contribution is 5.19. The summed E-state index contributed by atoms with van der Waals surface area (Å²) in [5.74, 6) is 0.713. The maximum absolute atomic E-state index is 13.0. The second-order valence-corrected chi connectivity index (χ2v) is 4.33. The van der Waals surface area contributed by atoms with E-state index in [1.807, 2.05) is 6.07 Å². The monoisotopic (exact) mass is 265 g/mol. The van der Waals surface area contributed by atoms with Crippen molar-refractivity contribution in [1.82, 2.24) is 10.1 Å². The molecule has 0 saturated heterocycles. The molecule has 102 valence electrons. The molecule has 0 aliphatic heterocycles. The van der Waals surface area contributed by atoms with Gasteiger partial charge in [-0.05, 0) is 17.7 Å². The van der Waals surface area contributed by atoms with E-state index in [0.29, 0.717) is 31.2 Å². The average Bonchev–Trinajstić information content (AvgIpc) is 2.76. The van der Waals surface area contributed by atoms with Crippen LogP contribution in [0.25, 0.3) is 0 Å². The Morgan fingerprint density at radius 2 is 2.32 bits per heavy atom. The molecule has 1 atom stereocenters. The standard InChI is InChI=1S/C13H16FN3O2/c1-18-8-11(15)7-13-16-12(17-19-13)6-9-3-2-4-10(14)5-9/h2-5,11H,6-8,15H2,1H3. The molecular weight excluding hydrogens is 249 g/mol. The van der Waals surface area contributed by atoms with E-state index in [4.69, 9.17) is 15.0 Å². The van der Waals surface area contributed by atoms with E-state index >= 15 is 0 Å². The second-order valence-electron chi connectivity index (χ2n) is 4.33. The lowest BCUT2D eigenvalue weighted by molar-refractivity contribution is 0.176. The van der Waals surface area contributed by atoms with Gasteiger partial charge in [0.25, 0.3) is 0 Å². The molecule has 6 heteroatoms. The van der Waals surface area contributed by atoms with E-state index in [1.54, 1.807) is 13.2 Å². The Kier molecular flexibility index (Phi) is 4.59. The van der Waals surface area contributed by atoms with E-state index in [0.717, 1.165) is 5.56 Å². The highest BCUT2D eigenvalue weighted by Gasteiger charge is 2.11. The Labute approximate surface area is 110 Å². The normalized spacial score (nSPS) is 12.6. The maximum atomic E-state index is 13.0. The Balaban J connectivity index is 1.97. The van der Waals surface area contributed by atoms with Gasteiger partial charge < -0.3 is 15.0 Å². The lowest BCUT2D eigenvalue weighted by atomic mass is 10.1. The van der Waals surface area contributed by atoms with Gasteiger partial charge in [-0.25, -0.2) is 4.39 Å². The molecule has 0 radical (unpaired) electrons. The zero-order valence-corrected chi connectivity index (χ0v) is 10.7. The molecule has 2 aromatic rings. The number of aromatic nitrogens is 2. The van der Waals surface area contributed by atoms with Gasteiger partial charge in [0.05, 0.1) is 6.61 Å². The molecule has 2 N–H and O–H groups in total. The number of nitrogens with two attached hydrogens (primary N) is 1. The number of ether oxygens (including phenoxy) is 1. The van der Waals surface area contributed by atoms with E-state index in [1.165, 1.54) is 12.1 Å². The van der Waals surface area contributed by atoms with Crippen LogP contribution in [0.5, 0.6) is 0 Å². The topological polar surface area (TPSA) is 74.2 Å². The SMILES string of the molecule is COCC(N)Cc1nc(Cc2cccc(F)c2)no1. The number of halogens is 1. The van der Waals surface area contributed by atoms with Crippen molar-refractivity contribution in [3.8, 4) is 0 Å². The first kappa shape index (κ1) is 13.6. The van der Waals surface area contributed by atoms with Crippen LogP contribution in [0.15, 0.2) is 28.8 Å². The van der Waals surface area contributed by atoms with Gasteiger partial charge in [0.15, 0.2) is 5.82 Å². The Morgan fingerprint density at radius 3 is 3.05 bits per heavy atom. The molecule has 1 unspecified atom stereocenters. The highest BCUT2D eigenvalue weighted by Crippen LogP contribution is 2.09. The van der Waals surface area contributed by atoms with E-state index < -0.39 is 0 Å². The van der Waals surface area contributed by atoms with Crippen LogP contribution in [0.4, 0.5) is 4.39 Å². The van der Waals surface area contributed by atoms with Crippen LogP contribution in [0.2, 0.25) is 0 Å². The van der Waals surface area contributed by atoms with Gasteiger partial charge in [-0.2, -0.15) is 4.98 Å². The first-order chi connectivity index (χ1) is 9.17. The van der Waals surface area contributed by atoms with E-state index in [2.05, 4.69) is 10.1 Å². The summed E-state index contributed by atoms with van der Waals surface area (Å²) in [4.78, 5) is 4.22. The molecule has 2 rings (SSSR count). The number of hydrogen-bond donors (Lipinski definition) is 1. The lowest BCUT2D eigenvalue weighted by Crippen LogP contribution is -2.28. The summed E-state index contributed by atoms with van der Waals surface area (Å²) in [6.07, 6.45) is 0.894. The first-order valence-corrected chi connectivity index (χ1v) is 5.98. The largest absolute Gasteiger partial charge is 0.383 e. The molecule has 1 heterocycles. The predicted molar refractivity (Wildman–Crippen MR) is 67.1 cm³/mol. The summed E-state index contributed by atoms with van der Waals surface area (Å²) in [5, 5.41) is 3.85. The van der Waals surface area contributed by atoms with Crippen molar-refractivity contribution in [2.24, 2.45) is 5.73 Å². The summed E-state index contributed by atoms with van der Waals surface area (Å²) in [6.45, 7) is 0.432. The molecule has 0 aliphatic carbocycles. The van der Waals surface area contributed by atoms with Crippen molar-refractivity contribution in [3.05, 3.63) is 47.4 Å². The minimum Gasteiger partial charge on any atom is -0.383 e. The third-order valence-corrected chi connectivity index (χ3v) is 2.58. The molecule has 0 saturated carbocycles. The second kappa shape index (κ2) is 6.40. The summed E-state index contributed by atoms with van der Waals surface area (Å²) in [7, 11) is 1.59. The van der Waals surface area contributed by atoms with Crippen LogP contribution >= 0.6 is 0 Å². The van der Waals surface area contributed by atoms with E-state index in [-0.39, 0.29) is 11.9 Å². The number of hydrogen-bond acceptors (Lipinski definition) is 5. The fraction of sp³-hybridized carbons (Fsp3) is 0.385. The van der Waals surface area contributed by atoms with Gasteiger partial charge in [0.1, 0.15) is 5.82 Å². The molecule has 0 amide bonds. The summed E-state index contributed by atoms with van der Waals surface area (Å²) >= 11 is 0. The van der Waals surface area contributed by atoms with Crippen LogP contribution in [0.1, 0.15) is 17.3 Å². The van der Waals surface area contributed by atoms with Crippen molar-refractivity contribution in [3.63, 3.8) is 0 Å². The number of nitrogens with zero attached hydrogens (tertiary/aromatic N) is 2. The fourth-order valence-corrected chi connectivity index (χ4v) is 1.77. The average molecular weight is 265 g/mol. The molecule has 0 fully saturated rings. The minimum absolute atomic E-state index is 0.174. The third-order valence-electron chi connectivity index (χ3n) is 2.58. The van der Waals surface area contributed by atoms with Crippen molar-refractivity contribution < 1.29 is 13.7 Å². The quantitative estimate of drug-likeness (QED) is 0.852. The van der Waals surface area contributed by atoms with Gasteiger partial charge >= 0.3 is 0 Å². The summed E-state index contributed by atoms with van der Waals surface area (Å²) in [6, 6.07) is 6.14. The van der Waals surface area contributed by atoms with Crippen molar-refractivity contribution in [1.29, 1.82) is 0 Å². The van der Waals surface area contributed by atoms with Crippen molar-refractivity contribution >= 4 is 0 Å². The zero-order valence-electron chi connectivity index (χ0n) is 10.7. The van der Waals surface area contributed by atoms with Crippen LogP contribution < -0.4 is 5.73 Å². The molecular formula is C13H16FN3O2. The van der Waals surface area contributed by atoms with E-state index in [9.17, 15) is 4.39 Å². The van der Waals surface area contributed by atoms with Crippen molar-refractivity contribution in [2.75, 3.05) is 13.7 Å². The summed E-state index contributed by atoms with van der Waals surface area (Å²) in [5.41, 5.74) is 6.60.